The topological polar surface area (TPSA) is 157 Å². The zero-order valence-electron chi connectivity index (χ0n) is 23.2. The molecule has 0 saturated carbocycles. The minimum absolute atomic E-state index is 0. The van der Waals surface area contributed by atoms with E-state index < -0.39 is 10.8 Å². The van der Waals surface area contributed by atoms with E-state index in [4.69, 9.17) is 55.6 Å². The van der Waals surface area contributed by atoms with Crippen molar-refractivity contribution in [2.45, 2.75) is 30.0 Å². The molecule has 0 saturated heterocycles. The first kappa shape index (κ1) is 40.4. The van der Waals surface area contributed by atoms with E-state index in [2.05, 4.69) is 9.98 Å². The van der Waals surface area contributed by atoms with Gasteiger partial charge in [-0.2, -0.15) is 0 Å². The van der Waals surface area contributed by atoms with E-state index in [1.807, 2.05) is 22.2 Å². The number of aliphatic imine (C=N–C) groups is 2. The number of benzene rings is 2. The summed E-state index contributed by atoms with van der Waals surface area (Å²) in [6, 6.07) is 10.4. The van der Waals surface area contributed by atoms with Gasteiger partial charge in [0.15, 0.2) is 12.4 Å². The molecule has 2 aliphatic rings. The number of hydrogen-bond donors (Lipinski definition) is 4. The minimum atomic E-state index is -0.395. The van der Waals surface area contributed by atoms with Crippen LogP contribution in [0.5, 0.6) is 11.5 Å². The van der Waals surface area contributed by atoms with Crippen molar-refractivity contribution in [1.29, 1.82) is 0 Å². The maximum Gasteiger partial charge on any atom is 0.316 e. The van der Waals surface area contributed by atoms with Gasteiger partial charge in [-0.05, 0) is 34.3 Å². The Bertz CT molecular complexity index is 1180. The van der Waals surface area contributed by atoms with Crippen LogP contribution >= 0.6 is 72.8 Å². The Morgan fingerprint density at radius 2 is 1.05 bits per heavy atom. The third kappa shape index (κ3) is 11.4. The van der Waals surface area contributed by atoms with Crippen molar-refractivity contribution in [3.05, 3.63) is 61.2 Å². The Balaban J connectivity index is 0.00000441. The summed E-state index contributed by atoms with van der Waals surface area (Å²) in [6.07, 6.45) is 9.20. The third-order valence-corrected chi connectivity index (χ3v) is 6.89. The summed E-state index contributed by atoms with van der Waals surface area (Å²) < 4.78 is 11.6. The van der Waals surface area contributed by atoms with E-state index in [9.17, 15) is 0 Å². The molecule has 0 fully saturated rings. The molecule has 43 heavy (non-hydrogen) atoms. The van der Waals surface area contributed by atoms with Crippen molar-refractivity contribution in [3.63, 3.8) is 0 Å². The molecule has 2 atom stereocenters. The highest BCUT2D eigenvalue weighted by Gasteiger charge is 2.38. The number of nitrogen functional groups attached to an aromatic ring is 4. The quantitative estimate of drug-likeness (QED) is 0.126. The molecule has 2 heterocycles. The second-order valence-corrected chi connectivity index (χ2v) is 10.2. The van der Waals surface area contributed by atoms with E-state index in [1.165, 1.54) is 0 Å². The molecule has 0 aliphatic carbocycles. The molecular weight excluding hydrogens is 681 g/mol. The molecule has 0 spiro atoms. The Kier molecular flexibility index (Phi) is 18.4. The van der Waals surface area contributed by atoms with Gasteiger partial charge in [-0.3, -0.25) is 0 Å². The maximum absolute atomic E-state index is 6.78. The van der Waals surface area contributed by atoms with Gasteiger partial charge in [0, 0.05) is 42.8 Å². The Morgan fingerprint density at radius 3 is 1.44 bits per heavy atom. The lowest BCUT2D eigenvalue weighted by molar-refractivity contribution is 0.300. The fourth-order valence-electron chi connectivity index (χ4n) is 4.16. The van der Waals surface area contributed by atoms with Gasteiger partial charge >= 0.3 is 11.7 Å². The van der Waals surface area contributed by atoms with Gasteiger partial charge in [0.1, 0.15) is 34.7 Å². The number of hydrogen-bond acceptors (Lipinski definition) is 10. The van der Waals surface area contributed by atoms with Crippen LogP contribution in [-0.4, -0.2) is 58.5 Å². The van der Waals surface area contributed by atoms with Crippen molar-refractivity contribution in [2.24, 2.45) is 0 Å². The standard InChI is InChI=1S/C27H34Cl2N8O2.4ClH/c28-20(26-34-7-11-36(26)9-1-13-38-24-15-18(30)3-5-22(24)32)17-21(29)27-35-8-12-37(27)10-2-14-39-25-16-19(31)4-6-23(25)33;;;;/h3-8,11-12,15-16,20-21H,1-2,9-10,13-14,17,30-33H2;4*1H/q+2;;;;. The lowest BCUT2D eigenvalue weighted by Crippen LogP contribution is -2.39. The molecular formula is C27H38Cl6N8O2+2. The van der Waals surface area contributed by atoms with Crippen molar-refractivity contribution in [2.75, 3.05) is 49.2 Å². The predicted molar refractivity (Wildman–Crippen MR) is 190 cm³/mol. The number of ether oxygens (including phenoxy) is 2. The summed E-state index contributed by atoms with van der Waals surface area (Å²) in [4.78, 5) is 13.0. The molecule has 2 radical (unpaired) electrons. The van der Waals surface area contributed by atoms with Crippen LogP contribution in [0.25, 0.3) is 0 Å². The van der Waals surface area contributed by atoms with Gasteiger partial charge in [0.05, 0.1) is 37.7 Å². The Morgan fingerprint density at radius 1 is 0.651 bits per heavy atom. The molecule has 238 valence electrons. The lowest BCUT2D eigenvalue weighted by Gasteiger charge is -2.17. The summed E-state index contributed by atoms with van der Waals surface area (Å²) in [5, 5.41) is -0.791. The Labute approximate surface area is 287 Å². The van der Waals surface area contributed by atoms with Crippen molar-refractivity contribution in [1.82, 2.24) is 19.8 Å². The van der Waals surface area contributed by atoms with Crippen LogP contribution in [0.4, 0.5) is 22.7 Å². The van der Waals surface area contributed by atoms with Crippen molar-refractivity contribution >= 4 is 107 Å². The van der Waals surface area contributed by atoms with E-state index in [1.54, 1.807) is 48.8 Å². The molecule has 4 rings (SSSR count). The van der Waals surface area contributed by atoms with Crippen LogP contribution in [0.1, 0.15) is 19.3 Å². The fraction of sp³-hybridized carbons (Fsp3) is 0.333. The molecule has 2 aliphatic heterocycles. The summed E-state index contributed by atoms with van der Waals surface area (Å²) in [5.74, 6) is 2.66. The molecule has 2 aromatic rings. The van der Waals surface area contributed by atoms with E-state index in [0.717, 1.165) is 24.5 Å². The van der Waals surface area contributed by atoms with Crippen LogP contribution in [0.3, 0.4) is 0 Å². The van der Waals surface area contributed by atoms with Crippen LogP contribution in [0.15, 0.2) is 61.2 Å². The van der Waals surface area contributed by atoms with Crippen LogP contribution in [0.2, 0.25) is 0 Å². The summed E-state index contributed by atoms with van der Waals surface area (Å²) in [7, 11) is 0. The molecule has 0 amide bonds. The number of alkyl halides is 2. The number of rotatable bonds is 14. The highest BCUT2D eigenvalue weighted by molar-refractivity contribution is 6.35. The summed E-state index contributed by atoms with van der Waals surface area (Å²) in [5.41, 5.74) is 25.8. The van der Waals surface area contributed by atoms with E-state index in [0.29, 0.717) is 67.0 Å². The molecule has 2 unspecified atom stereocenters. The third-order valence-electron chi connectivity index (χ3n) is 6.15. The lowest BCUT2D eigenvalue weighted by atomic mass is 10.1. The maximum atomic E-state index is 6.78. The summed E-state index contributed by atoms with van der Waals surface area (Å²) >= 11 is 13.6. The number of anilines is 4. The van der Waals surface area contributed by atoms with Gasteiger partial charge in [-0.15, -0.1) is 72.8 Å². The molecule has 0 bridgehead atoms. The van der Waals surface area contributed by atoms with E-state index >= 15 is 0 Å². The first-order valence-corrected chi connectivity index (χ1v) is 13.5. The first-order chi connectivity index (χ1) is 18.8. The van der Waals surface area contributed by atoms with Crippen LogP contribution in [0, 0.1) is 0 Å². The molecule has 8 N–H and O–H groups in total. The zero-order valence-corrected chi connectivity index (χ0v) is 28.0. The molecule has 0 aromatic heterocycles. The van der Waals surface area contributed by atoms with Gasteiger partial charge in [0.25, 0.3) is 0 Å². The average Bonchev–Trinajstić information content (AvgIpc) is 3.58. The van der Waals surface area contributed by atoms with Gasteiger partial charge in [-0.1, -0.05) is 0 Å². The second-order valence-electron chi connectivity index (χ2n) is 9.13. The SMILES string of the molecule is Cl.Cl.Cl.Cl.Nc1ccc(N)c(OCCCN2C=C[N+]=C2C(Cl)CC(Cl)C2=[N+]C=CN2CCCOc2cc(N)ccc2N)c1. The van der Waals surface area contributed by atoms with E-state index in [-0.39, 0.29) is 49.6 Å². The normalized spacial score (nSPS) is 14.4. The zero-order chi connectivity index (χ0) is 27.8. The minimum Gasteiger partial charge on any atom is -0.491 e. The molecule has 10 nitrogen and oxygen atoms in total. The van der Waals surface area contributed by atoms with Gasteiger partial charge in [-0.25, -0.2) is 9.80 Å². The molecule has 16 heteroatoms. The smallest absolute Gasteiger partial charge is 0.316 e. The summed E-state index contributed by atoms with van der Waals surface area (Å²) in [6.45, 7) is 2.31. The second kappa shape index (κ2) is 19.6. The number of amidine groups is 2. The number of nitrogens with zero attached hydrogens (tertiary/aromatic N) is 4. The largest absolute Gasteiger partial charge is 0.491 e. The first-order valence-electron chi connectivity index (χ1n) is 12.7. The van der Waals surface area contributed by atoms with Crippen molar-refractivity contribution < 1.29 is 9.47 Å². The highest BCUT2D eigenvalue weighted by Crippen LogP contribution is 2.25. The van der Waals surface area contributed by atoms with Crippen molar-refractivity contribution in [3.8, 4) is 11.5 Å². The number of nitrogens with two attached hydrogens (primary N) is 4. The van der Waals surface area contributed by atoms with Gasteiger partial charge < -0.3 is 32.4 Å². The Hall–Kier alpha value is -2.60. The fourth-order valence-corrected chi connectivity index (χ4v) is 4.97. The average molecular weight is 719 g/mol. The van der Waals surface area contributed by atoms with Gasteiger partial charge in [0.2, 0.25) is 0 Å². The highest BCUT2D eigenvalue weighted by atomic mass is 35.5. The number of halogens is 6. The van der Waals surface area contributed by atoms with Crippen LogP contribution < -0.4 is 42.4 Å². The van der Waals surface area contributed by atoms with Crippen LogP contribution in [-0.2, 0) is 0 Å². The predicted octanol–water partition coefficient (Wildman–Crippen LogP) is 4.59. The monoisotopic (exact) mass is 716 g/mol. The molecule has 2 aromatic carbocycles.